The van der Waals surface area contributed by atoms with Crippen LogP contribution < -0.4 is 4.74 Å². The first kappa shape index (κ1) is 21.9. The minimum absolute atomic E-state index is 0.0331. The Morgan fingerprint density at radius 3 is 2.61 bits per heavy atom. The van der Waals surface area contributed by atoms with Gasteiger partial charge in [0.1, 0.15) is 6.61 Å². The average Bonchev–Trinajstić information content (AvgIpc) is 2.63. The van der Waals surface area contributed by atoms with Crippen molar-refractivity contribution in [2.24, 2.45) is 0 Å². The largest absolute Gasteiger partial charge is 0.504 e. The summed E-state index contributed by atoms with van der Waals surface area (Å²) in [6.07, 6.45) is 1.57. The van der Waals surface area contributed by atoms with E-state index in [0.717, 1.165) is 10.6 Å². The Hall–Kier alpha value is -2.36. The molecule has 0 aliphatic carbocycles. The molecule has 10 heteroatoms. The smallest absolute Gasteiger partial charge is 0.347 e. The summed E-state index contributed by atoms with van der Waals surface area (Å²) >= 11 is 5.81. The number of phenolic OH excluding ortho intramolecular Hbond substituents is 1. The number of benzene rings is 1. The molecule has 2 aromatic rings. The number of hydrogen-bond acceptors (Lipinski definition) is 7. The Balaban J connectivity index is 1.95. The first-order valence-corrected chi connectivity index (χ1v) is 10.5. The van der Waals surface area contributed by atoms with E-state index in [0.29, 0.717) is 16.3 Å². The van der Waals surface area contributed by atoms with Gasteiger partial charge in [-0.05, 0) is 37.3 Å². The number of ether oxygens (including phenoxy) is 2. The molecule has 0 aliphatic rings. The molecule has 0 aliphatic heterocycles. The van der Waals surface area contributed by atoms with Gasteiger partial charge < -0.3 is 14.6 Å². The van der Waals surface area contributed by atoms with Gasteiger partial charge in [-0.3, -0.25) is 4.98 Å². The molecule has 0 saturated heterocycles. The topological polar surface area (TPSA) is 106 Å². The molecule has 0 fully saturated rings. The SMILES string of the molecule is CC(Oc1ccc(-c2ccc(Cl)cn2)cc1O)C(=O)OCCN(C)S(C)(=O)=O. The van der Waals surface area contributed by atoms with Gasteiger partial charge in [-0.2, -0.15) is 0 Å². The molecular formula is C18H21ClN2O6S. The molecule has 0 spiro atoms. The molecule has 0 bridgehead atoms. The number of aromatic nitrogens is 1. The third kappa shape index (κ3) is 6.08. The highest BCUT2D eigenvalue weighted by Gasteiger charge is 2.19. The Morgan fingerprint density at radius 2 is 2.04 bits per heavy atom. The summed E-state index contributed by atoms with van der Waals surface area (Å²) in [6.45, 7) is 1.39. The normalized spacial score (nSPS) is 12.6. The van der Waals surface area contributed by atoms with Gasteiger partial charge in [0.15, 0.2) is 17.6 Å². The molecule has 1 heterocycles. The van der Waals surface area contributed by atoms with Crippen molar-refractivity contribution in [2.45, 2.75) is 13.0 Å². The number of nitrogens with zero attached hydrogens (tertiary/aromatic N) is 2. The van der Waals surface area contributed by atoms with Crippen molar-refractivity contribution in [1.82, 2.24) is 9.29 Å². The second kappa shape index (κ2) is 9.22. The number of esters is 1. The molecular weight excluding hydrogens is 408 g/mol. The highest BCUT2D eigenvalue weighted by Crippen LogP contribution is 2.31. The highest BCUT2D eigenvalue weighted by molar-refractivity contribution is 7.88. The Labute approximate surface area is 168 Å². The van der Waals surface area contributed by atoms with Crippen molar-refractivity contribution >= 4 is 27.6 Å². The number of likely N-dealkylation sites (N-methyl/N-ethyl adjacent to an activating group) is 1. The lowest BCUT2D eigenvalue weighted by atomic mass is 10.1. The molecule has 28 heavy (non-hydrogen) atoms. The predicted octanol–water partition coefficient (Wildman–Crippen LogP) is 2.31. The number of carbonyl (C=O) groups is 1. The molecule has 1 atom stereocenters. The summed E-state index contributed by atoms with van der Waals surface area (Å²) in [5, 5.41) is 10.7. The van der Waals surface area contributed by atoms with Gasteiger partial charge >= 0.3 is 5.97 Å². The monoisotopic (exact) mass is 428 g/mol. The van der Waals surface area contributed by atoms with E-state index in [1.807, 2.05) is 0 Å². The third-order valence-electron chi connectivity index (χ3n) is 3.83. The molecule has 1 aromatic heterocycles. The fourth-order valence-corrected chi connectivity index (χ4v) is 2.64. The lowest BCUT2D eigenvalue weighted by Gasteiger charge is -2.17. The number of rotatable bonds is 8. The van der Waals surface area contributed by atoms with Crippen molar-refractivity contribution in [3.63, 3.8) is 0 Å². The fraction of sp³-hybridized carbons (Fsp3) is 0.333. The predicted molar refractivity (Wildman–Crippen MR) is 105 cm³/mol. The molecule has 8 nitrogen and oxygen atoms in total. The van der Waals surface area contributed by atoms with Crippen molar-refractivity contribution in [2.75, 3.05) is 26.5 Å². The zero-order valence-electron chi connectivity index (χ0n) is 15.6. The second-order valence-electron chi connectivity index (χ2n) is 6.06. The first-order chi connectivity index (χ1) is 13.1. The number of carbonyl (C=O) groups excluding carboxylic acids is 1. The van der Waals surface area contributed by atoms with Crippen LogP contribution in [0.3, 0.4) is 0 Å². The van der Waals surface area contributed by atoms with Crippen LogP contribution in [0.1, 0.15) is 6.92 Å². The number of halogens is 1. The van der Waals surface area contributed by atoms with E-state index in [-0.39, 0.29) is 24.7 Å². The Morgan fingerprint density at radius 1 is 1.32 bits per heavy atom. The van der Waals surface area contributed by atoms with Crippen LogP contribution in [-0.2, 0) is 19.6 Å². The molecule has 1 N–H and O–H groups in total. The van der Waals surface area contributed by atoms with E-state index in [1.165, 1.54) is 32.3 Å². The molecule has 152 valence electrons. The Bertz CT molecular complexity index is 934. The number of aromatic hydroxyl groups is 1. The number of sulfonamides is 1. The van der Waals surface area contributed by atoms with Crippen LogP contribution in [0.15, 0.2) is 36.5 Å². The van der Waals surface area contributed by atoms with E-state index in [9.17, 15) is 18.3 Å². The van der Waals surface area contributed by atoms with Gasteiger partial charge in [0, 0.05) is 25.4 Å². The first-order valence-electron chi connectivity index (χ1n) is 8.27. The summed E-state index contributed by atoms with van der Waals surface area (Å²) in [6, 6.07) is 8.06. The quantitative estimate of drug-likeness (QED) is 0.643. The zero-order chi connectivity index (χ0) is 20.9. The molecule has 0 radical (unpaired) electrons. The fourth-order valence-electron chi connectivity index (χ4n) is 2.12. The summed E-state index contributed by atoms with van der Waals surface area (Å²) in [4.78, 5) is 16.2. The van der Waals surface area contributed by atoms with E-state index in [4.69, 9.17) is 21.1 Å². The van der Waals surface area contributed by atoms with Crippen LogP contribution in [0.2, 0.25) is 5.02 Å². The van der Waals surface area contributed by atoms with E-state index < -0.39 is 22.1 Å². The van der Waals surface area contributed by atoms with Crippen LogP contribution in [0.25, 0.3) is 11.3 Å². The minimum atomic E-state index is -3.34. The molecule has 1 unspecified atom stereocenters. The molecule has 0 saturated carbocycles. The third-order valence-corrected chi connectivity index (χ3v) is 5.37. The van der Waals surface area contributed by atoms with Crippen LogP contribution in [-0.4, -0.2) is 61.3 Å². The van der Waals surface area contributed by atoms with E-state index in [2.05, 4.69) is 4.98 Å². The van der Waals surface area contributed by atoms with Gasteiger partial charge in [-0.25, -0.2) is 17.5 Å². The lowest BCUT2D eigenvalue weighted by Crippen LogP contribution is -2.32. The minimum Gasteiger partial charge on any atom is -0.504 e. The summed E-state index contributed by atoms with van der Waals surface area (Å²) < 4.78 is 34.1. The maximum Gasteiger partial charge on any atom is 0.347 e. The summed E-state index contributed by atoms with van der Waals surface area (Å²) in [5.41, 5.74) is 1.27. The van der Waals surface area contributed by atoms with Crippen LogP contribution in [0, 0.1) is 0 Å². The number of phenols is 1. The second-order valence-corrected chi connectivity index (χ2v) is 8.58. The number of pyridine rings is 1. The summed E-state index contributed by atoms with van der Waals surface area (Å²) in [5.74, 6) is -0.731. The van der Waals surface area contributed by atoms with E-state index >= 15 is 0 Å². The van der Waals surface area contributed by atoms with Gasteiger partial charge in [-0.15, -0.1) is 0 Å². The maximum absolute atomic E-state index is 12.0. The van der Waals surface area contributed by atoms with Gasteiger partial charge in [0.25, 0.3) is 0 Å². The van der Waals surface area contributed by atoms with Gasteiger partial charge in [-0.1, -0.05) is 11.6 Å². The lowest BCUT2D eigenvalue weighted by molar-refractivity contribution is -0.151. The molecule has 0 amide bonds. The molecule has 1 aromatic carbocycles. The van der Waals surface area contributed by atoms with Crippen LogP contribution >= 0.6 is 11.6 Å². The Kier molecular flexibility index (Phi) is 7.22. The highest BCUT2D eigenvalue weighted by atomic mass is 35.5. The van der Waals surface area contributed by atoms with Gasteiger partial charge in [0.2, 0.25) is 10.0 Å². The number of hydrogen-bond donors (Lipinski definition) is 1. The standard InChI is InChI=1S/C18H21ClN2O6S/c1-12(18(23)26-9-8-21(2)28(3,24)25)27-17-7-4-13(10-16(17)22)15-6-5-14(19)11-20-15/h4-7,10-12,22H,8-9H2,1-3H3. The van der Waals surface area contributed by atoms with Crippen LogP contribution in [0.4, 0.5) is 0 Å². The van der Waals surface area contributed by atoms with Gasteiger partial charge in [0.05, 0.1) is 17.0 Å². The van der Waals surface area contributed by atoms with Crippen LogP contribution in [0.5, 0.6) is 11.5 Å². The van der Waals surface area contributed by atoms with Crippen molar-refractivity contribution < 1.29 is 27.8 Å². The average molecular weight is 429 g/mol. The zero-order valence-corrected chi connectivity index (χ0v) is 17.2. The van der Waals surface area contributed by atoms with Crippen molar-refractivity contribution in [3.8, 4) is 22.8 Å². The van der Waals surface area contributed by atoms with Crippen molar-refractivity contribution in [3.05, 3.63) is 41.6 Å². The molecule has 2 rings (SSSR count). The van der Waals surface area contributed by atoms with E-state index in [1.54, 1.807) is 18.2 Å². The van der Waals surface area contributed by atoms with Crippen molar-refractivity contribution in [1.29, 1.82) is 0 Å². The maximum atomic E-state index is 12.0. The summed E-state index contributed by atoms with van der Waals surface area (Å²) in [7, 11) is -1.95.